The lowest BCUT2D eigenvalue weighted by atomic mass is 10.2. The van der Waals surface area contributed by atoms with E-state index in [2.05, 4.69) is 12.2 Å². The number of non-ortho nitro benzene ring substituents is 1. The molecule has 2 aromatic carbocycles. The molecule has 0 bridgehead atoms. The lowest BCUT2D eigenvalue weighted by Gasteiger charge is -2.06. The molecule has 0 aromatic heterocycles. The van der Waals surface area contributed by atoms with E-state index in [0.717, 1.165) is 5.56 Å². The number of carbonyl (C=O) groups is 1. The van der Waals surface area contributed by atoms with Crippen LogP contribution in [-0.4, -0.2) is 11.0 Å². The van der Waals surface area contributed by atoms with Gasteiger partial charge in [0.1, 0.15) is 5.75 Å². The summed E-state index contributed by atoms with van der Waals surface area (Å²) in [5.74, 6) is 0.224. The topological polar surface area (TPSA) is 81.5 Å². The van der Waals surface area contributed by atoms with Crippen LogP contribution in [0.15, 0.2) is 48.5 Å². The maximum atomic E-state index is 11.6. The van der Waals surface area contributed by atoms with Crippen LogP contribution < -0.4 is 10.1 Å². The summed E-state index contributed by atoms with van der Waals surface area (Å²) in [6.07, 6.45) is -0.671. The van der Waals surface area contributed by atoms with Crippen molar-refractivity contribution in [3.05, 3.63) is 71.1 Å². The van der Waals surface area contributed by atoms with E-state index in [0.29, 0.717) is 5.69 Å². The zero-order valence-corrected chi connectivity index (χ0v) is 10.4. The molecule has 1 radical (unpaired) electrons. The van der Waals surface area contributed by atoms with Crippen molar-refractivity contribution >= 4 is 17.5 Å². The number of hydrogen-bond donors (Lipinski definition) is 1. The van der Waals surface area contributed by atoms with E-state index in [9.17, 15) is 14.9 Å². The van der Waals surface area contributed by atoms with Crippen molar-refractivity contribution in [1.29, 1.82) is 0 Å². The van der Waals surface area contributed by atoms with Crippen LogP contribution in [0.25, 0.3) is 0 Å². The molecule has 0 spiro atoms. The number of rotatable bonds is 3. The number of anilines is 1. The maximum absolute atomic E-state index is 11.6. The Kier molecular flexibility index (Phi) is 3.95. The molecule has 1 N–H and O–H groups in total. The van der Waals surface area contributed by atoms with Gasteiger partial charge in [-0.05, 0) is 36.8 Å². The zero-order valence-electron chi connectivity index (χ0n) is 10.4. The Balaban J connectivity index is 1.97. The monoisotopic (exact) mass is 271 g/mol. The van der Waals surface area contributed by atoms with Gasteiger partial charge in [-0.2, -0.15) is 0 Å². The van der Waals surface area contributed by atoms with Gasteiger partial charge in [0.25, 0.3) is 5.69 Å². The van der Waals surface area contributed by atoms with Crippen molar-refractivity contribution in [2.24, 2.45) is 0 Å². The van der Waals surface area contributed by atoms with E-state index in [-0.39, 0.29) is 11.4 Å². The summed E-state index contributed by atoms with van der Waals surface area (Å²) in [5.41, 5.74) is 1.34. The molecule has 0 heterocycles. The lowest BCUT2D eigenvalue weighted by Crippen LogP contribution is -2.16. The summed E-state index contributed by atoms with van der Waals surface area (Å²) in [4.78, 5) is 21.6. The molecule has 0 fully saturated rings. The van der Waals surface area contributed by atoms with Gasteiger partial charge in [-0.1, -0.05) is 12.1 Å². The van der Waals surface area contributed by atoms with Gasteiger partial charge in [0.15, 0.2) is 0 Å². The first kappa shape index (κ1) is 13.5. The Hall–Kier alpha value is -2.89. The molecule has 2 rings (SSSR count). The molecule has 101 valence electrons. The van der Waals surface area contributed by atoms with Gasteiger partial charge >= 0.3 is 6.09 Å². The number of amides is 1. The van der Waals surface area contributed by atoms with Crippen molar-refractivity contribution in [2.75, 3.05) is 5.32 Å². The minimum atomic E-state index is -0.671. The van der Waals surface area contributed by atoms with E-state index < -0.39 is 11.0 Å². The molecule has 0 saturated heterocycles. The summed E-state index contributed by atoms with van der Waals surface area (Å²) in [6, 6.07) is 12.1. The van der Waals surface area contributed by atoms with Crippen LogP contribution in [0.5, 0.6) is 5.75 Å². The smallest absolute Gasteiger partial charge is 0.410 e. The average molecular weight is 271 g/mol. The number of ether oxygens (including phenoxy) is 1. The summed E-state index contributed by atoms with van der Waals surface area (Å²) in [6.45, 7) is 3.73. The van der Waals surface area contributed by atoms with Crippen molar-refractivity contribution in [1.82, 2.24) is 0 Å². The molecule has 0 saturated carbocycles. The van der Waals surface area contributed by atoms with Gasteiger partial charge in [-0.25, -0.2) is 4.79 Å². The number of nitro benzene ring substituents is 1. The number of hydrogen-bond acceptors (Lipinski definition) is 4. The SMILES string of the molecule is [CH2]c1ccc(NC(=O)Oc2ccc([N+](=O)[O-])cc2)cc1. The maximum Gasteiger partial charge on any atom is 0.417 e. The fourth-order valence-corrected chi connectivity index (χ4v) is 1.47. The highest BCUT2D eigenvalue weighted by Gasteiger charge is 2.08. The third-order valence-electron chi connectivity index (χ3n) is 2.46. The number of nitro groups is 1. The highest BCUT2D eigenvalue weighted by molar-refractivity contribution is 5.86. The van der Waals surface area contributed by atoms with E-state index in [1.807, 2.05) is 0 Å². The summed E-state index contributed by atoms with van der Waals surface area (Å²) in [5, 5.41) is 13.0. The Morgan fingerprint density at radius 2 is 1.70 bits per heavy atom. The second-order valence-corrected chi connectivity index (χ2v) is 3.96. The first-order valence-electron chi connectivity index (χ1n) is 5.70. The fourth-order valence-electron chi connectivity index (χ4n) is 1.47. The Morgan fingerprint density at radius 3 is 2.25 bits per heavy atom. The third-order valence-corrected chi connectivity index (χ3v) is 2.46. The van der Waals surface area contributed by atoms with Gasteiger partial charge in [0.05, 0.1) is 4.92 Å². The Bertz CT molecular complexity index is 621. The highest BCUT2D eigenvalue weighted by atomic mass is 16.6. The molecule has 0 aliphatic carbocycles. The predicted octanol–water partition coefficient (Wildman–Crippen LogP) is 3.39. The molecule has 20 heavy (non-hydrogen) atoms. The lowest BCUT2D eigenvalue weighted by molar-refractivity contribution is -0.384. The first-order valence-corrected chi connectivity index (χ1v) is 5.70. The fraction of sp³-hybridized carbons (Fsp3) is 0. The van der Waals surface area contributed by atoms with Crippen molar-refractivity contribution in [2.45, 2.75) is 0 Å². The van der Waals surface area contributed by atoms with Gasteiger partial charge in [0.2, 0.25) is 0 Å². The van der Waals surface area contributed by atoms with Crippen LogP contribution in [0, 0.1) is 17.0 Å². The molecule has 0 unspecified atom stereocenters. The van der Waals surface area contributed by atoms with Crippen LogP contribution in [0.3, 0.4) is 0 Å². The number of carbonyl (C=O) groups excluding carboxylic acids is 1. The van der Waals surface area contributed by atoms with Gasteiger partial charge in [-0.15, -0.1) is 0 Å². The Morgan fingerprint density at radius 1 is 1.10 bits per heavy atom. The largest absolute Gasteiger partial charge is 0.417 e. The molecular formula is C14H11N2O4. The summed E-state index contributed by atoms with van der Waals surface area (Å²) in [7, 11) is 0. The van der Waals surface area contributed by atoms with Crippen molar-refractivity contribution in [3.63, 3.8) is 0 Å². The predicted molar refractivity (Wildman–Crippen MR) is 73.6 cm³/mol. The van der Waals surface area contributed by atoms with E-state index in [4.69, 9.17) is 4.74 Å². The van der Waals surface area contributed by atoms with Crippen LogP contribution in [0.2, 0.25) is 0 Å². The number of nitrogens with zero attached hydrogens (tertiary/aromatic N) is 1. The average Bonchev–Trinajstić information content (AvgIpc) is 2.42. The molecule has 2 aromatic rings. The third kappa shape index (κ3) is 3.55. The second kappa shape index (κ2) is 5.83. The zero-order chi connectivity index (χ0) is 14.5. The molecule has 1 amide bonds. The van der Waals surface area contributed by atoms with E-state index >= 15 is 0 Å². The van der Waals surface area contributed by atoms with Crippen LogP contribution in [-0.2, 0) is 0 Å². The summed E-state index contributed by atoms with van der Waals surface area (Å²) < 4.78 is 5.00. The van der Waals surface area contributed by atoms with E-state index in [1.54, 1.807) is 24.3 Å². The van der Waals surface area contributed by atoms with Crippen molar-refractivity contribution < 1.29 is 14.5 Å². The molecule has 6 nitrogen and oxygen atoms in total. The molecule has 0 aliphatic rings. The first-order chi connectivity index (χ1) is 9.54. The van der Waals surface area contributed by atoms with Crippen LogP contribution in [0.1, 0.15) is 5.56 Å². The number of nitrogens with one attached hydrogen (secondary N) is 1. The minimum Gasteiger partial charge on any atom is -0.410 e. The van der Waals surface area contributed by atoms with E-state index in [1.165, 1.54) is 24.3 Å². The Labute approximate surface area is 115 Å². The number of benzene rings is 2. The molecule has 0 aliphatic heterocycles. The highest BCUT2D eigenvalue weighted by Crippen LogP contribution is 2.18. The molecular weight excluding hydrogens is 260 g/mol. The van der Waals surface area contributed by atoms with Gasteiger partial charge in [-0.3, -0.25) is 15.4 Å². The standard InChI is InChI=1S/C14H11N2O4/c1-10-2-4-11(5-3-10)15-14(17)20-13-8-6-12(7-9-13)16(18)19/h2-9H,1H2,(H,15,17). The minimum absolute atomic E-state index is 0.0659. The van der Waals surface area contributed by atoms with Gasteiger partial charge < -0.3 is 4.74 Å². The normalized spacial score (nSPS) is 9.85. The van der Waals surface area contributed by atoms with Crippen molar-refractivity contribution in [3.8, 4) is 5.75 Å². The summed E-state index contributed by atoms with van der Waals surface area (Å²) >= 11 is 0. The van der Waals surface area contributed by atoms with Crippen LogP contribution in [0.4, 0.5) is 16.2 Å². The molecule has 0 atom stereocenters. The molecule has 6 heteroatoms. The quantitative estimate of drug-likeness (QED) is 0.685. The second-order valence-electron chi connectivity index (χ2n) is 3.96. The van der Waals surface area contributed by atoms with Crippen LogP contribution >= 0.6 is 0 Å². The van der Waals surface area contributed by atoms with Gasteiger partial charge in [0, 0.05) is 17.8 Å².